The highest BCUT2D eigenvalue weighted by molar-refractivity contribution is 7.89. The number of aryl methyl sites for hydroxylation is 1. The van der Waals surface area contributed by atoms with Crippen molar-refractivity contribution in [2.75, 3.05) is 13.1 Å². The zero-order valence-electron chi connectivity index (χ0n) is 12.1. The molecule has 0 spiro atoms. The van der Waals surface area contributed by atoms with E-state index < -0.39 is 21.5 Å². The van der Waals surface area contributed by atoms with Gasteiger partial charge in [0.05, 0.1) is 0 Å². The minimum atomic E-state index is -3.89. The van der Waals surface area contributed by atoms with Gasteiger partial charge in [-0.25, -0.2) is 8.42 Å². The summed E-state index contributed by atoms with van der Waals surface area (Å²) in [6.07, 6.45) is 1.32. The Hall–Kier alpha value is -1.87. The fraction of sp³-hybridized carbons (Fsp3) is 0.500. The molecule has 8 nitrogen and oxygen atoms in total. The molecule has 0 saturated carbocycles. The summed E-state index contributed by atoms with van der Waals surface area (Å²) in [6.45, 7) is 3.49. The maximum Gasteiger partial charge on any atom is 0.265 e. The normalized spacial score (nSPS) is 19.3. The number of nitrogens with zero attached hydrogens (tertiary/aromatic N) is 2. The standard InChI is InChI=1S/C12H18N4O4S/c1-12(2)11(18)14-4-5-16(12)21(19,20)8-6-9(10(13)17)15(3)7-8/h6-7H,4-5H2,1-3H3,(H2,13,17)(H,14,18). The monoisotopic (exact) mass is 314 g/mol. The summed E-state index contributed by atoms with van der Waals surface area (Å²) in [4.78, 5) is 23.1. The number of piperazine rings is 1. The van der Waals surface area contributed by atoms with Gasteiger partial charge in [-0.1, -0.05) is 0 Å². The van der Waals surface area contributed by atoms with Gasteiger partial charge in [-0.15, -0.1) is 0 Å². The van der Waals surface area contributed by atoms with E-state index in [0.29, 0.717) is 0 Å². The van der Waals surface area contributed by atoms with Gasteiger partial charge in [0.25, 0.3) is 5.91 Å². The molecule has 9 heteroatoms. The number of hydrogen-bond donors (Lipinski definition) is 2. The second-order valence-electron chi connectivity index (χ2n) is 5.43. The van der Waals surface area contributed by atoms with Crippen LogP contribution in [0.25, 0.3) is 0 Å². The third-order valence-corrected chi connectivity index (χ3v) is 5.64. The van der Waals surface area contributed by atoms with E-state index in [2.05, 4.69) is 5.32 Å². The molecule has 2 rings (SSSR count). The Morgan fingerprint density at radius 3 is 2.57 bits per heavy atom. The van der Waals surface area contributed by atoms with Crippen molar-refractivity contribution in [3.63, 3.8) is 0 Å². The summed E-state index contributed by atoms with van der Waals surface area (Å²) < 4.78 is 27.9. The number of aromatic nitrogens is 1. The second kappa shape index (κ2) is 4.85. The molecular formula is C12H18N4O4S. The molecule has 21 heavy (non-hydrogen) atoms. The molecule has 2 amide bonds. The molecule has 0 unspecified atom stereocenters. The highest BCUT2D eigenvalue weighted by atomic mass is 32.2. The Balaban J connectivity index is 2.49. The van der Waals surface area contributed by atoms with E-state index in [0.717, 1.165) is 4.31 Å². The van der Waals surface area contributed by atoms with Crippen molar-refractivity contribution in [1.82, 2.24) is 14.2 Å². The van der Waals surface area contributed by atoms with Crippen LogP contribution in [0, 0.1) is 0 Å². The molecule has 0 radical (unpaired) electrons. The first-order valence-corrected chi connectivity index (χ1v) is 7.80. The van der Waals surface area contributed by atoms with Crippen LogP contribution in [0.5, 0.6) is 0 Å². The highest BCUT2D eigenvalue weighted by Crippen LogP contribution is 2.27. The van der Waals surface area contributed by atoms with Crippen LogP contribution in [0.4, 0.5) is 0 Å². The first-order chi connectivity index (χ1) is 9.58. The van der Waals surface area contributed by atoms with Crippen LogP contribution in [0.1, 0.15) is 24.3 Å². The minimum absolute atomic E-state index is 0.0541. The largest absolute Gasteiger partial charge is 0.364 e. The Labute approximate surface area is 122 Å². The van der Waals surface area contributed by atoms with Gasteiger partial charge in [0.2, 0.25) is 15.9 Å². The van der Waals surface area contributed by atoms with E-state index in [1.54, 1.807) is 0 Å². The van der Waals surface area contributed by atoms with E-state index in [-0.39, 0.29) is 29.6 Å². The first-order valence-electron chi connectivity index (χ1n) is 6.36. The Morgan fingerprint density at radius 1 is 1.43 bits per heavy atom. The molecule has 0 bridgehead atoms. The molecule has 2 heterocycles. The smallest absolute Gasteiger partial charge is 0.265 e. The summed E-state index contributed by atoms with van der Waals surface area (Å²) >= 11 is 0. The van der Waals surface area contributed by atoms with Crippen LogP contribution < -0.4 is 11.1 Å². The molecular weight excluding hydrogens is 296 g/mol. The maximum absolute atomic E-state index is 12.7. The lowest BCUT2D eigenvalue weighted by Gasteiger charge is -2.39. The number of amides is 2. The van der Waals surface area contributed by atoms with Crippen LogP contribution in [-0.2, 0) is 21.9 Å². The van der Waals surface area contributed by atoms with Gasteiger partial charge < -0.3 is 15.6 Å². The van der Waals surface area contributed by atoms with Gasteiger partial charge in [-0.2, -0.15) is 4.31 Å². The predicted molar refractivity (Wildman–Crippen MR) is 74.9 cm³/mol. The number of hydrogen-bond acceptors (Lipinski definition) is 4. The zero-order valence-corrected chi connectivity index (χ0v) is 12.9. The summed E-state index contributed by atoms with van der Waals surface area (Å²) in [7, 11) is -2.36. The van der Waals surface area contributed by atoms with Crippen LogP contribution in [-0.4, -0.2) is 47.7 Å². The van der Waals surface area contributed by atoms with Crippen molar-refractivity contribution in [3.8, 4) is 0 Å². The Bertz CT molecular complexity index is 705. The van der Waals surface area contributed by atoms with Gasteiger partial charge in [0, 0.05) is 26.3 Å². The fourth-order valence-electron chi connectivity index (χ4n) is 2.35. The van der Waals surface area contributed by atoms with Crippen molar-refractivity contribution < 1.29 is 18.0 Å². The second-order valence-corrected chi connectivity index (χ2v) is 7.29. The molecule has 3 N–H and O–H groups in total. The molecule has 0 aromatic carbocycles. The topological polar surface area (TPSA) is 114 Å². The summed E-state index contributed by atoms with van der Waals surface area (Å²) in [5, 5.41) is 2.64. The van der Waals surface area contributed by atoms with Crippen LogP contribution in [0.3, 0.4) is 0 Å². The number of nitrogens with one attached hydrogen (secondary N) is 1. The number of nitrogens with two attached hydrogens (primary N) is 1. The molecule has 0 aliphatic carbocycles. The van der Waals surface area contributed by atoms with Gasteiger partial charge in [-0.3, -0.25) is 9.59 Å². The first kappa shape index (κ1) is 15.5. The van der Waals surface area contributed by atoms with Crippen LogP contribution in [0.2, 0.25) is 0 Å². The molecule has 1 aromatic heterocycles. The summed E-state index contributed by atoms with van der Waals surface area (Å²) in [6, 6.07) is 1.22. The van der Waals surface area contributed by atoms with Gasteiger partial charge >= 0.3 is 0 Å². The average molecular weight is 314 g/mol. The lowest BCUT2D eigenvalue weighted by atomic mass is 10.0. The van der Waals surface area contributed by atoms with E-state index >= 15 is 0 Å². The summed E-state index contributed by atoms with van der Waals surface area (Å²) in [5.41, 5.74) is 4.09. The van der Waals surface area contributed by atoms with Crippen molar-refractivity contribution >= 4 is 21.8 Å². The van der Waals surface area contributed by atoms with Crippen molar-refractivity contribution in [1.29, 1.82) is 0 Å². The van der Waals surface area contributed by atoms with Gasteiger partial charge in [0.15, 0.2) is 0 Å². The van der Waals surface area contributed by atoms with Crippen LogP contribution >= 0.6 is 0 Å². The maximum atomic E-state index is 12.7. The number of rotatable bonds is 3. The highest BCUT2D eigenvalue weighted by Gasteiger charge is 2.45. The Kier molecular flexibility index (Phi) is 3.58. The number of primary amides is 1. The number of sulfonamides is 1. The Morgan fingerprint density at radius 2 is 2.05 bits per heavy atom. The zero-order chi connectivity index (χ0) is 16.0. The number of carbonyl (C=O) groups excluding carboxylic acids is 2. The molecule has 1 aliphatic heterocycles. The van der Waals surface area contributed by atoms with E-state index in [1.807, 2.05) is 0 Å². The SMILES string of the molecule is Cn1cc(S(=O)(=O)N2CCNC(=O)C2(C)C)cc1C(N)=O. The average Bonchev–Trinajstić information content (AvgIpc) is 2.75. The van der Waals surface area contributed by atoms with Crippen molar-refractivity contribution in [2.45, 2.75) is 24.3 Å². The molecule has 1 aromatic rings. The third kappa shape index (κ3) is 2.42. The minimum Gasteiger partial charge on any atom is -0.364 e. The molecule has 1 aliphatic rings. The van der Waals surface area contributed by atoms with E-state index in [4.69, 9.17) is 5.73 Å². The van der Waals surface area contributed by atoms with Crippen molar-refractivity contribution in [3.05, 3.63) is 18.0 Å². The van der Waals surface area contributed by atoms with Gasteiger partial charge in [-0.05, 0) is 19.9 Å². The molecule has 116 valence electrons. The van der Waals surface area contributed by atoms with E-state index in [1.165, 1.54) is 37.7 Å². The fourth-order valence-corrected chi connectivity index (χ4v) is 4.17. The quantitative estimate of drug-likeness (QED) is 0.746. The van der Waals surface area contributed by atoms with Gasteiger partial charge in [0.1, 0.15) is 16.1 Å². The van der Waals surface area contributed by atoms with Crippen LogP contribution in [0.15, 0.2) is 17.2 Å². The lowest BCUT2D eigenvalue weighted by molar-refractivity contribution is -0.131. The molecule has 0 atom stereocenters. The van der Waals surface area contributed by atoms with Crippen molar-refractivity contribution in [2.24, 2.45) is 12.8 Å². The lowest BCUT2D eigenvalue weighted by Crippen LogP contribution is -2.63. The van der Waals surface area contributed by atoms with E-state index in [9.17, 15) is 18.0 Å². The summed E-state index contributed by atoms with van der Waals surface area (Å²) in [5.74, 6) is -1.07. The predicted octanol–water partition coefficient (Wildman–Crippen LogP) is -0.977. The molecule has 1 fully saturated rings. The third-order valence-electron chi connectivity index (χ3n) is 3.60. The number of carbonyl (C=O) groups is 2. The molecule has 1 saturated heterocycles.